The molecule has 1 aromatic rings. The van der Waals surface area contributed by atoms with Gasteiger partial charge in [-0.15, -0.1) is 0 Å². The Morgan fingerprint density at radius 1 is 1.53 bits per heavy atom. The van der Waals surface area contributed by atoms with E-state index in [1.807, 2.05) is 31.7 Å². The van der Waals surface area contributed by atoms with Gasteiger partial charge in [-0.2, -0.15) is 0 Å². The molecule has 1 unspecified atom stereocenters. The number of carbonyl (C=O) groups excluding carboxylic acids is 1. The van der Waals surface area contributed by atoms with Crippen molar-refractivity contribution in [2.75, 3.05) is 13.1 Å². The third-order valence-electron chi connectivity index (χ3n) is 2.89. The maximum atomic E-state index is 11.5. The van der Waals surface area contributed by atoms with Crippen molar-refractivity contribution in [3.05, 3.63) is 23.2 Å². The zero-order valence-corrected chi connectivity index (χ0v) is 9.33. The van der Waals surface area contributed by atoms with Crippen molar-refractivity contribution in [3.63, 3.8) is 0 Å². The van der Waals surface area contributed by atoms with E-state index in [1.54, 1.807) is 0 Å². The molecule has 1 fully saturated rings. The lowest BCUT2D eigenvalue weighted by Gasteiger charge is -2.22. The highest BCUT2D eigenvalue weighted by Gasteiger charge is 2.27. The third kappa shape index (κ3) is 1.71. The highest BCUT2D eigenvalue weighted by atomic mass is 16.3. The number of hydrogen-bond donors (Lipinski definition) is 1. The van der Waals surface area contributed by atoms with Crippen LogP contribution < -0.4 is 5.32 Å². The maximum absolute atomic E-state index is 11.5. The Morgan fingerprint density at radius 3 is 2.73 bits per heavy atom. The van der Waals surface area contributed by atoms with Crippen LogP contribution >= 0.6 is 0 Å². The van der Waals surface area contributed by atoms with Crippen molar-refractivity contribution < 1.29 is 9.21 Å². The van der Waals surface area contributed by atoms with E-state index in [0.717, 1.165) is 30.2 Å². The first-order chi connectivity index (χ1) is 7.09. The Hall–Kier alpha value is -1.45. The fourth-order valence-electron chi connectivity index (χ4n) is 2.09. The van der Waals surface area contributed by atoms with E-state index < -0.39 is 0 Å². The van der Waals surface area contributed by atoms with E-state index in [-0.39, 0.29) is 12.1 Å². The van der Waals surface area contributed by atoms with E-state index in [1.165, 1.54) is 0 Å². The maximum Gasteiger partial charge on any atom is 0.318 e. The van der Waals surface area contributed by atoms with Crippen LogP contribution in [0.2, 0.25) is 0 Å². The second kappa shape index (κ2) is 3.61. The van der Waals surface area contributed by atoms with E-state index >= 15 is 0 Å². The quantitative estimate of drug-likeness (QED) is 0.807. The molecular weight excluding hydrogens is 192 g/mol. The topological polar surface area (TPSA) is 45.5 Å². The zero-order valence-electron chi connectivity index (χ0n) is 9.33. The highest BCUT2D eigenvalue weighted by molar-refractivity contribution is 5.76. The van der Waals surface area contributed by atoms with Gasteiger partial charge in [0.2, 0.25) is 0 Å². The van der Waals surface area contributed by atoms with Gasteiger partial charge < -0.3 is 14.6 Å². The smallest absolute Gasteiger partial charge is 0.318 e. The Kier molecular flexibility index (Phi) is 2.42. The third-order valence-corrected chi connectivity index (χ3v) is 2.89. The largest absolute Gasteiger partial charge is 0.466 e. The van der Waals surface area contributed by atoms with Gasteiger partial charge in [-0.25, -0.2) is 4.79 Å². The van der Waals surface area contributed by atoms with Crippen molar-refractivity contribution in [2.45, 2.75) is 26.8 Å². The number of carbonyl (C=O) groups is 1. The van der Waals surface area contributed by atoms with Gasteiger partial charge in [0.1, 0.15) is 11.5 Å². The van der Waals surface area contributed by atoms with Gasteiger partial charge in [0, 0.05) is 18.7 Å². The molecule has 0 saturated carbocycles. The monoisotopic (exact) mass is 208 g/mol. The highest BCUT2D eigenvalue weighted by Crippen LogP contribution is 2.26. The summed E-state index contributed by atoms with van der Waals surface area (Å²) in [5.41, 5.74) is 1.10. The van der Waals surface area contributed by atoms with E-state index in [2.05, 4.69) is 5.32 Å². The lowest BCUT2D eigenvalue weighted by Crippen LogP contribution is -2.30. The molecule has 1 aromatic heterocycles. The number of furan rings is 1. The number of aryl methyl sites for hydroxylation is 2. The number of nitrogens with zero attached hydrogens (tertiary/aromatic N) is 1. The summed E-state index contributed by atoms with van der Waals surface area (Å²) in [5, 5.41) is 2.80. The average molecular weight is 208 g/mol. The molecule has 0 spiro atoms. The van der Waals surface area contributed by atoms with Crippen LogP contribution in [0.3, 0.4) is 0 Å². The normalized spacial score (nSPS) is 18.1. The summed E-state index contributed by atoms with van der Waals surface area (Å²) in [6, 6.07) is 2.11. The van der Waals surface area contributed by atoms with E-state index in [0.29, 0.717) is 0 Å². The van der Waals surface area contributed by atoms with Crippen LogP contribution in [0.15, 0.2) is 10.5 Å². The Bertz CT molecular complexity index is 384. The SMILES string of the molecule is Cc1cc(C(C)N2CCNC2=O)c(C)o1. The predicted molar refractivity (Wildman–Crippen MR) is 56.7 cm³/mol. The van der Waals surface area contributed by atoms with Crippen LogP contribution in [-0.2, 0) is 0 Å². The molecule has 0 radical (unpaired) electrons. The summed E-state index contributed by atoms with van der Waals surface area (Å²) in [5.74, 6) is 1.80. The Labute approximate surface area is 89.2 Å². The number of rotatable bonds is 2. The van der Waals surface area contributed by atoms with Crippen LogP contribution in [0, 0.1) is 13.8 Å². The predicted octanol–water partition coefficient (Wildman–Crippen LogP) is 1.98. The van der Waals surface area contributed by atoms with Crippen molar-refractivity contribution in [3.8, 4) is 0 Å². The number of amides is 2. The van der Waals surface area contributed by atoms with Gasteiger partial charge >= 0.3 is 6.03 Å². The van der Waals surface area contributed by atoms with Crippen molar-refractivity contribution >= 4 is 6.03 Å². The molecule has 1 atom stereocenters. The van der Waals surface area contributed by atoms with Crippen LogP contribution in [0.4, 0.5) is 4.79 Å². The average Bonchev–Trinajstić information content (AvgIpc) is 2.71. The standard InChI is InChI=1S/C11H16N2O2/c1-7-6-10(9(3)15-7)8(2)13-5-4-12-11(13)14/h6,8H,4-5H2,1-3H3,(H,12,14). The van der Waals surface area contributed by atoms with Crippen LogP contribution in [0.5, 0.6) is 0 Å². The minimum atomic E-state index is 0.0146. The second-order valence-corrected chi connectivity index (χ2v) is 3.97. The van der Waals surface area contributed by atoms with E-state index in [4.69, 9.17) is 4.42 Å². The number of urea groups is 1. The molecule has 0 aromatic carbocycles. The number of hydrogen-bond acceptors (Lipinski definition) is 2. The molecule has 2 heterocycles. The first-order valence-corrected chi connectivity index (χ1v) is 5.21. The molecule has 0 aliphatic carbocycles. The summed E-state index contributed by atoms with van der Waals surface area (Å²) in [4.78, 5) is 13.3. The Morgan fingerprint density at radius 2 is 2.27 bits per heavy atom. The fraction of sp³-hybridized carbons (Fsp3) is 0.545. The van der Waals surface area contributed by atoms with Gasteiger partial charge in [-0.3, -0.25) is 0 Å². The molecule has 1 saturated heterocycles. The van der Waals surface area contributed by atoms with Crippen LogP contribution in [0.25, 0.3) is 0 Å². The van der Waals surface area contributed by atoms with Crippen molar-refractivity contribution in [1.82, 2.24) is 10.2 Å². The molecule has 82 valence electrons. The Balaban J connectivity index is 2.23. The molecule has 1 N–H and O–H groups in total. The summed E-state index contributed by atoms with van der Waals surface area (Å²) in [7, 11) is 0. The summed E-state index contributed by atoms with van der Waals surface area (Å²) in [6.45, 7) is 7.39. The van der Waals surface area contributed by atoms with Crippen LogP contribution in [-0.4, -0.2) is 24.0 Å². The molecule has 1 aliphatic heterocycles. The first kappa shape index (κ1) is 10.1. The van der Waals surface area contributed by atoms with E-state index in [9.17, 15) is 4.79 Å². The summed E-state index contributed by atoms with van der Waals surface area (Å²) in [6.07, 6.45) is 0. The lowest BCUT2D eigenvalue weighted by atomic mass is 10.1. The summed E-state index contributed by atoms with van der Waals surface area (Å²) < 4.78 is 5.47. The minimum Gasteiger partial charge on any atom is -0.466 e. The van der Waals surface area contributed by atoms with Gasteiger partial charge in [0.25, 0.3) is 0 Å². The van der Waals surface area contributed by atoms with Gasteiger partial charge in [-0.1, -0.05) is 0 Å². The molecule has 2 amide bonds. The molecule has 1 aliphatic rings. The molecule has 2 rings (SSSR count). The second-order valence-electron chi connectivity index (χ2n) is 3.97. The molecule has 4 nitrogen and oxygen atoms in total. The van der Waals surface area contributed by atoms with Gasteiger partial charge in [-0.05, 0) is 26.8 Å². The minimum absolute atomic E-state index is 0.0146. The van der Waals surface area contributed by atoms with Gasteiger partial charge in [0.05, 0.1) is 6.04 Å². The van der Waals surface area contributed by atoms with Crippen molar-refractivity contribution in [2.24, 2.45) is 0 Å². The molecular formula is C11H16N2O2. The zero-order chi connectivity index (χ0) is 11.0. The summed E-state index contributed by atoms with van der Waals surface area (Å²) >= 11 is 0. The number of nitrogens with one attached hydrogen (secondary N) is 1. The molecule has 15 heavy (non-hydrogen) atoms. The van der Waals surface area contributed by atoms with Crippen LogP contribution in [0.1, 0.15) is 30.0 Å². The van der Waals surface area contributed by atoms with Crippen molar-refractivity contribution in [1.29, 1.82) is 0 Å². The first-order valence-electron chi connectivity index (χ1n) is 5.21. The fourth-order valence-corrected chi connectivity index (χ4v) is 2.09. The lowest BCUT2D eigenvalue weighted by molar-refractivity contribution is 0.202. The van der Waals surface area contributed by atoms with Gasteiger partial charge in [0.15, 0.2) is 0 Å². The molecule has 4 heteroatoms. The molecule has 0 bridgehead atoms.